The van der Waals surface area contributed by atoms with Gasteiger partial charge in [0.05, 0.1) is 18.3 Å². The van der Waals surface area contributed by atoms with Crippen molar-refractivity contribution in [3.05, 3.63) is 29.6 Å². The van der Waals surface area contributed by atoms with Crippen LogP contribution in [0, 0.1) is 17.7 Å². The predicted octanol–water partition coefficient (Wildman–Crippen LogP) is 2.74. The summed E-state index contributed by atoms with van der Waals surface area (Å²) in [6, 6.07) is 4.29. The maximum absolute atomic E-state index is 13.1. The lowest BCUT2D eigenvalue weighted by atomic mass is 10.2. The predicted molar refractivity (Wildman–Crippen MR) is 65.4 cm³/mol. The van der Waals surface area contributed by atoms with Crippen LogP contribution >= 0.6 is 0 Å². The second-order valence-corrected chi connectivity index (χ2v) is 3.75. The molecule has 2 nitrogen and oxygen atoms in total. The van der Waals surface area contributed by atoms with Gasteiger partial charge in [0.25, 0.3) is 0 Å². The molecule has 92 valence electrons. The third kappa shape index (κ3) is 4.46. The normalized spacial score (nSPS) is 11.5. The molecule has 1 N–H and O–H groups in total. The highest BCUT2D eigenvalue weighted by Crippen LogP contribution is 2.20. The number of aliphatic hydroxyl groups is 1. The van der Waals surface area contributed by atoms with Gasteiger partial charge >= 0.3 is 0 Å². The quantitative estimate of drug-likeness (QED) is 0.814. The van der Waals surface area contributed by atoms with E-state index in [0.29, 0.717) is 17.7 Å². The molecule has 17 heavy (non-hydrogen) atoms. The molecular formula is C14H17FO2. The largest absolute Gasteiger partial charge is 0.489 e. The molecule has 0 aliphatic carbocycles. The van der Waals surface area contributed by atoms with Crippen molar-refractivity contribution in [3.63, 3.8) is 0 Å². The summed E-state index contributed by atoms with van der Waals surface area (Å²) < 4.78 is 18.8. The van der Waals surface area contributed by atoms with Crippen LogP contribution in [-0.2, 0) is 0 Å². The van der Waals surface area contributed by atoms with Gasteiger partial charge in [-0.25, -0.2) is 4.39 Å². The summed E-state index contributed by atoms with van der Waals surface area (Å²) in [5, 5.41) is 8.64. The Labute approximate surface area is 101 Å². The number of aliphatic hydroxyl groups excluding tert-OH is 1. The van der Waals surface area contributed by atoms with Crippen LogP contribution in [0.25, 0.3) is 0 Å². The second-order valence-electron chi connectivity index (χ2n) is 3.75. The minimum absolute atomic E-state index is 0.00384. The van der Waals surface area contributed by atoms with Gasteiger partial charge in [-0.15, -0.1) is 0 Å². The molecule has 0 saturated heterocycles. The molecule has 0 heterocycles. The Hall–Kier alpha value is -1.53. The van der Waals surface area contributed by atoms with Crippen LogP contribution in [0.1, 0.15) is 32.3 Å². The average Bonchev–Trinajstić information content (AvgIpc) is 2.32. The van der Waals surface area contributed by atoms with E-state index in [1.807, 2.05) is 13.8 Å². The van der Waals surface area contributed by atoms with Crippen molar-refractivity contribution in [3.8, 4) is 17.6 Å². The summed E-state index contributed by atoms with van der Waals surface area (Å²) in [5.74, 6) is 5.82. The number of hydrogen-bond acceptors (Lipinski definition) is 2. The van der Waals surface area contributed by atoms with Crippen LogP contribution in [0.4, 0.5) is 4.39 Å². The van der Waals surface area contributed by atoms with Crippen molar-refractivity contribution in [2.24, 2.45) is 0 Å². The second kappa shape index (κ2) is 6.93. The molecule has 0 amide bonds. The first-order valence-corrected chi connectivity index (χ1v) is 5.73. The lowest BCUT2D eigenvalue weighted by Crippen LogP contribution is -2.10. The van der Waals surface area contributed by atoms with Crippen molar-refractivity contribution in [2.75, 3.05) is 6.61 Å². The maximum atomic E-state index is 13.1. The lowest BCUT2D eigenvalue weighted by Gasteiger charge is -2.13. The number of rotatable bonds is 4. The molecule has 0 spiro atoms. The van der Waals surface area contributed by atoms with E-state index in [0.717, 1.165) is 6.42 Å². The summed E-state index contributed by atoms with van der Waals surface area (Å²) in [7, 11) is 0. The van der Waals surface area contributed by atoms with E-state index in [2.05, 4.69) is 11.8 Å². The van der Waals surface area contributed by atoms with Gasteiger partial charge in [0.2, 0.25) is 0 Å². The SMILES string of the molecule is CCC(C)Oc1ccc(F)cc1C#CCCO. The molecule has 1 aromatic carbocycles. The molecule has 0 bridgehead atoms. The van der Waals surface area contributed by atoms with Crippen molar-refractivity contribution in [2.45, 2.75) is 32.8 Å². The summed E-state index contributed by atoms with van der Waals surface area (Å²) in [5.41, 5.74) is 0.527. The van der Waals surface area contributed by atoms with E-state index in [9.17, 15) is 4.39 Å². The van der Waals surface area contributed by atoms with Crippen LogP contribution in [-0.4, -0.2) is 17.8 Å². The van der Waals surface area contributed by atoms with Crippen molar-refractivity contribution >= 4 is 0 Å². The molecule has 0 saturated carbocycles. The monoisotopic (exact) mass is 236 g/mol. The van der Waals surface area contributed by atoms with Gasteiger partial charge in [0.1, 0.15) is 11.6 Å². The molecule has 0 aromatic heterocycles. The highest BCUT2D eigenvalue weighted by molar-refractivity contribution is 5.46. The topological polar surface area (TPSA) is 29.5 Å². The summed E-state index contributed by atoms with van der Waals surface area (Å²) >= 11 is 0. The smallest absolute Gasteiger partial charge is 0.135 e. The van der Waals surface area contributed by atoms with Gasteiger partial charge in [-0.1, -0.05) is 18.8 Å². The average molecular weight is 236 g/mol. The van der Waals surface area contributed by atoms with Gasteiger partial charge in [0.15, 0.2) is 0 Å². The van der Waals surface area contributed by atoms with E-state index in [-0.39, 0.29) is 18.5 Å². The zero-order valence-electron chi connectivity index (χ0n) is 10.2. The maximum Gasteiger partial charge on any atom is 0.135 e. The van der Waals surface area contributed by atoms with E-state index in [1.54, 1.807) is 6.07 Å². The summed E-state index contributed by atoms with van der Waals surface area (Å²) in [6.45, 7) is 3.98. The Morgan fingerprint density at radius 3 is 2.88 bits per heavy atom. The van der Waals surface area contributed by atoms with E-state index in [1.165, 1.54) is 12.1 Å². The minimum atomic E-state index is -0.338. The summed E-state index contributed by atoms with van der Waals surface area (Å²) in [4.78, 5) is 0. The number of ether oxygens (including phenoxy) is 1. The molecule has 0 fully saturated rings. The molecule has 1 rings (SSSR count). The van der Waals surface area contributed by atoms with E-state index < -0.39 is 0 Å². The first-order valence-electron chi connectivity index (χ1n) is 5.73. The van der Waals surface area contributed by atoms with Crippen LogP contribution in [0.2, 0.25) is 0 Å². The fourth-order valence-electron chi connectivity index (χ4n) is 1.22. The van der Waals surface area contributed by atoms with Crippen LogP contribution < -0.4 is 4.74 Å². The zero-order chi connectivity index (χ0) is 12.7. The summed E-state index contributed by atoms with van der Waals surface area (Å²) in [6.07, 6.45) is 1.32. The minimum Gasteiger partial charge on any atom is -0.489 e. The fraction of sp³-hybridized carbons (Fsp3) is 0.429. The number of benzene rings is 1. The molecule has 3 heteroatoms. The van der Waals surface area contributed by atoms with Crippen LogP contribution in [0.5, 0.6) is 5.75 Å². The zero-order valence-corrected chi connectivity index (χ0v) is 10.2. The van der Waals surface area contributed by atoms with E-state index in [4.69, 9.17) is 9.84 Å². The van der Waals surface area contributed by atoms with Crippen molar-refractivity contribution in [1.29, 1.82) is 0 Å². The van der Waals surface area contributed by atoms with Gasteiger partial charge < -0.3 is 9.84 Å². The Morgan fingerprint density at radius 2 is 2.24 bits per heavy atom. The van der Waals surface area contributed by atoms with E-state index >= 15 is 0 Å². The Morgan fingerprint density at radius 1 is 1.47 bits per heavy atom. The van der Waals surface area contributed by atoms with Gasteiger partial charge in [-0.2, -0.15) is 0 Å². The van der Waals surface area contributed by atoms with Gasteiger partial charge in [-0.3, -0.25) is 0 Å². The Kier molecular flexibility index (Phi) is 5.51. The highest BCUT2D eigenvalue weighted by atomic mass is 19.1. The molecule has 0 aliphatic rings. The lowest BCUT2D eigenvalue weighted by molar-refractivity contribution is 0.216. The molecule has 0 radical (unpaired) electrons. The fourth-order valence-corrected chi connectivity index (χ4v) is 1.22. The molecule has 1 unspecified atom stereocenters. The first-order chi connectivity index (χ1) is 8.17. The molecule has 1 atom stereocenters. The highest BCUT2D eigenvalue weighted by Gasteiger charge is 2.06. The van der Waals surface area contributed by atoms with Crippen molar-refractivity contribution in [1.82, 2.24) is 0 Å². The third-order valence-electron chi connectivity index (χ3n) is 2.30. The number of hydrogen-bond donors (Lipinski definition) is 1. The van der Waals surface area contributed by atoms with Crippen molar-refractivity contribution < 1.29 is 14.2 Å². The Balaban J connectivity index is 2.92. The standard InChI is InChI=1S/C14H17FO2/c1-3-11(2)17-14-8-7-13(15)10-12(14)6-4-5-9-16/h7-8,10-11,16H,3,5,9H2,1-2H3. The van der Waals surface area contributed by atoms with Crippen LogP contribution in [0.15, 0.2) is 18.2 Å². The third-order valence-corrected chi connectivity index (χ3v) is 2.30. The number of halogens is 1. The van der Waals surface area contributed by atoms with Gasteiger partial charge in [0, 0.05) is 6.42 Å². The Bertz CT molecular complexity index is 418. The molecule has 1 aromatic rings. The molecule has 0 aliphatic heterocycles. The first kappa shape index (κ1) is 13.5. The van der Waals surface area contributed by atoms with Crippen LogP contribution in [0.3, 0.4) is 0 Å². The van der Waals surface area contributed by atoms with Gasteiger partial charge in [-0.05, 0) is 31.5 Å². The molecular weight excluding hydrogens is 219 g/mol.